The molecule has 0 saturated heterocycles. The van der Waals surface area contributed by atoms with Gasteiger partial charge in [0.15, 0.2) is 6.10 Å². The molecular formula is C31H33F3N4O6. The van der Waals surface area contributed by atoms with Crippen molar-refractivity contribution in [3.8, 4) is 5.75 Å². The Morgan fingerprint density at radius 1 is 0.977 bits per heavy atom. The zero-order valence-electron chi connectivity index (χ0n) is 23.6. The van der Waals surface area contributed by atoms with Crippen LogP contribution in [0, 0.1) is 0 Å². The van der Waals surface area contributed by atoms with Crippen molar-refractivity contribution < 1.29 is 42.5 Å². The number of aliphatic hydroxyl groups excluding tert-OH is 1. The van der Waals surface area contributed by atoms with E-state index in [9.17, 15) is 32.7 Å². The SMILES string of the molecule is NC1(c2ccccc2)CCC(N(Cc2ccc(C(=O)NC[C@@H](O)C(=O)O)cc2)C(=O)Nc2ccc(OC(F)(F)F)cc2)CC1. The molecule has 0 unspecified atom stereocenters. The Labute approximate surface area is 251 Å². The minimum absolute atomic E-state index is 0.161. The van der Waals surface area contributed by atoms with Crippen LogP contribution in [0.1, 0.15) is 47.2 Å². The average Bonchev–Trinajstić information content (AvgIpc) is 3.00. The zero-order valence-corrected chi connectivity index (χ0v) is 23.6. The summed E-state index contributed by atoms with van der Waals surface area (Å²) in [5.41, 5.74) is 8.44. The molecule has 3 aromatic carbocycles. The van der Waals surface area contributed by atoms with Gasteiger partial charge in [-0.25, -0.2) is 9.59 Å². The number of aliphatic carboxylic acids is 1. The van der Waals surface area contributed by atoms with Crippen LogP contribution in [-0.4, -0.2) is 58.1 Å². The summed E-state index contributed by atoms with van der Waals surface area (Å²) >= 11 is 0. The highest BCUT2D eigenvalue weighted by molar-refractivity contribution is 5.94. The number of hydrogen-bond donors (Lipinski definition) is 5. The third kappa shape index (κ3) is 8.71. The number of carboxylic acid groups (broad SMARTS) is 1. The number of ether oxygens (including phenoxy) is 1. The quantitative estimate of drug-likeness (QED) is 0.224. The van der Waals surface area contributed by atoms with E-state index in [1.807, 2.05) is 30.3 Å². The monoisotopic (exact) mass is 614 g/mol. The molecule has 44 heavy (non-hydrogen) atoms. The number of hydrogen-bond acceptors (Lipinski definition) is 6. The number of rotatable bonds is 10. The van der Waals surface area contributed by atoms with Gasteiger partial charge in [-0.1, -0.05) is 42.5 Å². The molecule has 1 aliphatic carbocycles. The van der Waals surface area contributed by atoms with E-state index in [1.54, 1.807) is 17.0 Å². The molecular weight excluding hydrogens is 581 g/mol. The number of carbonyl (C=O) groups is 3. The van der Waals surface area contributed by atoms with E-state index >= 15 is 0 Å². The average molecular weight is 615 g/mol. The molecule has 0 aromatic heterocycles. The third-order valence-corrected chi connectivity index (χ3v) is 7.55. The predicted molar refractivity (Wildman–Crippen MR) is 155 cm³/mol. The highest BCUT2D eigenvalue weighted by Gasteiger charge is 2.37. The van der Waals surface area contributed by atoms with Crippen molar-refractivity contribution in [2.45, 2.75) is 56.3 Å². The van der Waals surface area contributed by atoms with Gasteiger partial charge in [0.05, 0.1) is 6.54 Å². The first-order valence-corrected chi connectivity index (χ1v) is 13.9. The van der Waals surface area contributed by atoms with E-state index in [4.69, 9.17) is 10.8 Å². The van der Waals surface area contributed by atoms with Gasteiger partial charge >= 0.3 is 18.4 Å². The van der Waals surface area contributed by atoms with Crippen LogP contribution in [0.15, 0.2) is 78.9 Å². The number of nitrogens with one attached hydrogen (secondary N) is 2. The highest BCUT2D eigenvalue weighted by atomic mass is 19.4. The van der Waals surface area contributed by atoms with Gasteiger partial charge in [0, 0.05) is 29.4 Å². The molecule has 13 heteroatoms. The summed E-state index contributed by atoms with van der Waals surface area (Å²) in [6.07, 6.45) is -4.13. The van der Waals surface area contributed by atoms with E-state index in [-0.39, 0.29) is 23.8 Å². The van der Waals surface area contributed by atoms with Crippen LogP contribution in [0.25, 0.3) is 0 Å². The molecule has 1 aliphatic rings. The van der Waals surface area contributed by atoms with Gasteiger partial charge in [0.25, 0.3) is 5.91 Å². The van der Waals surface area contributed by atoms with Crippen molar-refractivity contribution >= 4 is 23.6 Å². The number of nitrogens with two attached hydrogens (primary N) is 1. The number of benzene rings is 3. The second-order valence-electron chi connectivity index (χ2n) is 10.6. The fraction of sp³-hybridized carbons (Fsp3) is 0.323. The number of halogens is 3. The molecule has 3 amide bonds. The molecule has 1 saturated carbocycles. The maximum atomic E-state index is 13.6. The number of anilines is 1. The summed E-state index contributed by atoms with van der Waals surface area (Å²) < 4.78 is 41.5. The zero-order chi connectivity index (χ0) is 31.9. The lowest BCUT2D eigenvalue weighted by atomic mass is 9.75. The highest BCUT2D eigenvalue weighted by Crippen LogP contribution is 2.37. The molecule has 0 bridgehead atoms. The molecule has 0 radical (unpaired) electrons. The molecule has 0 aliphatic heterocycles. The summed E-state index contributed by atoms with van der Waals surface area (Å²) in [6, 6.07) is 20.3. The van der Waals surface area contributed by atoms with Crippen molar-refractivity contribution in [3.63, 3.8) is 0 Å². The molecule has 0 heterocycles. The standard InChI is InChI=1S/C31H33F3N4O6/c32-31(33,34)44-25-12-10-23(11-13-25)37-29(43)38(24-14-16-30(35,17-15-24)22-4-2-1-3-5-22)19-20-6-8-21(9-7-20)27(40)36-18-26(39)28(41)42/h1-13,24,26,39H,14-19,35H2,(H,36,40)(H,37,43)(H,41,42)/t24?,26-,30?/m1/s1. The first-order chi connectivity index (χ1) is 20.8. The topological polar surface area (TPSA) is 154 Å². The Hall–Kier alpha value is -4.62. The van der Waals surface area contributed by atoms with E-state index < -0.39 is 48.2 Å². The fourth-order valence-electron chi connectivity index (χ4n) is 5.13. The van der Waals surface area contributed by atoms with Gasteiger partial charge in [-0.3, -0.25) is 4.79 Å². The first-order valence-electron chi connectivity index (χ1n) is 13.9. The number of amides is 3. The van der Waals surface area contributed by atoms with Crippen LogP contribution in [0.3, 0.4) is 0 Å². The lowest BCUT2D eigenvalue weighted by Crippen LogP contribution is -2.49. The van der Waals surface area contributed by atoms with Gasteiger partial charge in [0.2, 0.25) is 0 Å². The molecule has 1 fully saturated rings. The van der Waals surface area contributed by atoms with Crippen LogP contribution < -0.4 is 21.1 Å². The number of carbonyl (C=O) groups excluding carboxylic acids is 2. The minimum Gasteiger partial charge on any atom is -0.479 e. The van der Waals surface area contributed by atoms with Gasteiger partial charge in [-0.2, -0.15) is 0 Å². The summed E-state index contributed by atoms with van der Waals surface area (Å²) in [5.74, 6) is -2.44. The Balaban J connectivity index is 1.48. The predicted octanol–water partition coefficient (Wildman–Crippen LogP) is 4.59. The van der Waals surface area contributed by atoms with Gasteiger partial charge in [-0.15, -0.1) is 13.2 Å². The third-order valence-electron chi connectivity index (χ3n) is 7.55. The van der Waals surface area contributed by atoms with Crippen LogP contribution >= 0.6 is 0 Å². The smallest absolute Gasteiger partial charge is 0.479 e. The van der Waals surface area contributed by atoms with Crippen LogP contribution in [0.5, 0.6) is 5.75 Å². The second kappa shape index (κ2) is 13.8. The van der Waals surface area contributed by atoms with Gasteiger partial charge in [0.1, 0.15) is 5.75 Å². The molecule has 6 N–H and O–H groups in total. The van der Waals surface area contributed by atoms with Gasteiger partial charge < -0.3 is 36.2 Å². The Morgan fingerprint density at radius 3 is 2.16 bits per heavy atom. The van der Waals surface area contributed by atoms with E-state index in [2.05, 4.69) is 15.4 Å². The number of urea groups is 1. The normalized spacial score (nSPS) is 19.0. The molecule has 3 aromatic rings. The molecule has 0 spiro atoms. The van der Waals surface area contributed by atoms with E-state index in [0.29, 0.717) is 31.2 Å². The van der Waals surface area contributed by atoms with Crippen molar-refractivity contribution in [3.05, 3.63) is 95.6 Å². The summed E-state index contributed by atoms with van der Waals surface area (Å²) in [7, 11) is 0. The molecule has 4 rings (SSSR count). The van der Waals surface area contributed by atoms with Crippen LogP contribution in [0.2, 0.25) is 0 Å². The summed E-state index contributed by atoms with van der Waals surface area (Å²) in [6.45, 7) is -0.297. The fourth-order valence-corrected chi connectivity index (χ4v) is 5.13. The summed E-state index contributed by atoms with van der Waals surface area (Å²) in [5, 5.41) is 23.3. The van der Waals surface area contributed by atoms with Crippen molar-refractivity contribution in [2.24, 2.45) is 5.73 Å². The number of nitrogens with zero attached hydrogens (tertiary/aromatic N) is 1. The van der Waals surface area contributed by atoms with E-state index in [0.717, 1.165) is 17.7 Å². The Kier molecular flexibility index (Phi) is 10.1. The Morgan fingerprint density at radius 2 is 1.59 bits per heavy atom. The van der Waals surface area contributed by atoms with Gasteiger partial charge in [-0.05, 0) is 73.2 Å². The van der Waals surface area contributed by atoms with Crippen molar-refractivity contribution in [1.82, 2.24) is 10.2 Å². The molecule has 10 nitrogen and oxygen atoms in total. The number of carboxylic acids is 1. The number of alkyl halides is 3. The van der Waals surface area contributed by atoms with Crippen LogP contribution in [0.4, 0.5) is 23.7 Å². The van der Waals surface area contributed by atoms with Crippen LogP contribution in [-0.2, 0) is 16.9 Å². The van der Waals surface area contributed by atoms with E-state index in [1.165, 1.54) is 24.3 Å². The maximum Gasteiger partial charge on any atom is 0.573 e. The number of aliphatic hydroxyl groups is 1. The van der Waals surface area contributed by atoms with Crippen molar-refractivity contribution in [1.29, 1.82) is 0 Å². The minimum atomic E-state index is -4.84. The molecule has 234 valence electrons. The lowest BCUT2D eigenvalue weighted by molar-refractivity contribution is -0.274. The largest absolute Gasteiger partial charge is 0.573 e. The van der Waals surface area contributed by atoms with Crippen molar-refractivity contribution in [2.75, 3.05) is 11.9 Å². The maximum absolute atomic E-state index is 13.6. The Bertz CT molecular complexity index is 1430. The molecule has 1 atom stereocenters. The second-order valence-corrected chi connectivity index (χ2v) is 10.6. The summed E-state index contributed by atoms with van der Waals surface area (Å²) in [4.78, 5) is 38.4. The lowest BCUT2D eigenvalue weighted by Gasteiger charge is -2.42. The first kappa shape index (κ1) is 32.3.